The number of nitriles is 1. The van der Waals surface area contributed by atoms with Crippen molar-refractivity contribution in [2.45, 2.75) is 27.2 Å². The maximum absolute atomic E-state index is 8.78. The number of aryl methyl sites for hydroxylation is 1. The number of benzene rings is 1. The lowest BCUT2D eigenvalue weighted by molar-refractivity contribution is 0.468. The molecule has 0 radical (unpaired) electrons. The Kier molecular flexibility index (Phi) is 6.99. The van der Waals surface area contributed by atoms with Gasteiger partial charge < -0.3 is 10.2 Å². The molecular weight excluding hydrogens is 346 g/mol. The van der Waals surface area contributed by atoms with Crippen molar-refractivity contribution in [3.63, 3.8) is 0 Å². The van der Waals surface area contributed by atoms with Crippen LogP contribution in [0.1, 0.15) is 25.2 Å². The van der Waals surface area contributed by atoms with Gasteiger partial charge in [-0.25, -0.2) is 9.97 Å². The molecule has 0 saturated carbocycles. The van der Waals surface area contributed by atoms with Gasteiger partial charge in [0.05, 0.1) is 12.5 Å². The van der Waals surface area contributed by atoms with Gasteiger partial charge in [0.1, 0.15) is 16.8 Å². The highest BCUT2D eigenvalue weighted by molar-refractivity contribution is 6.29. The number of rotatable bonds is 5. The molecule has 0 aliphatic carbocycles. The largest absolute Gasteiger partial charge is 0.359 e. The van der Waals surface area contributed by atoms with Gasteiger partial charge >= 0.3 is 0 Å². The van der Waals surface area contributed by atoms with Gasteiger partial charge in [-0.3, -0.25) is 0 Å². The molecule has 26 heavy (non-hydrogen) atoms. The van der Waals surface area contributed by atoms with Crippen molar-refractivity contribution >= 4 is 23.1 Å². The van der Waals surface area contributed by atoms with Gasteiger partial charge in [-0.15, -0.1) is 0 Å². The van der Waals surface area contributed by atoms with Crippen LogP contribution >= 0.6 is 11.6 Å². The van der Waals surface area contributed by atoms with Crippen molar-refractivity contribution in [2.24, 2.45) is 5.92 Å². The lowest BCUT2D eigenvalue weighted by Gasteiger charge is -2.41. The Morgan fingerprint density at radius 3 is 2.69 bits per heavy atom. The summed E-state index contributed by atoms with van der Waals surface area (Å²) >= 11 is 6.02. The van der Waals surface area contributed by atoms with Crippen molar-refractivity contribution in [3.8, 4) is 6.07 Å². The lowest BCUT2D eigenvalue weighted by atomic mass is 9.96. The molecule has 0 bridgehead atoms. The van der Waals surface area contributed by atoms with Crippen LogP contribution in [0.2, 0.25) is 5.15 Å². The molecule has 1 saturated heterocycles. The quantitative estimate of drug-likeness (QED) is 0.780. The van der Waals surface area contributed by atoms with E-state index in [0.717, 1.165) is 30.3 Å². The zero-order chi connectivity index (χ0) is 19.1. The van der Waals surface area contributed by atoms with E-state index in [4.69, 9.17) is 16.9 Å². The molecule has 0 amide bonds. The van der Waals surface area contributed by atoms with E-state index in [1.165, 1.54) is 5.56 Å². The molecule has 1 aromatic carbocycles. The minimum atomic E-state index is 0.159. The minimum absolute atomic E-state index is 0.159. The molecule has 1 aromatic heterocycles. The number of aromatic nitrogens is 2. The highest BCUT2D eigenvalue weighted by Gasteiger charge is 2.30. The van der Waals surface area contributed by atoms with Crippen molar-refractivity contribution in [1.29, 1.82) is 5.26 Å². The molecule has 0 atom stereocenters. The second-order valence-corrected chi connectivity index (χ2v) is 6.25. The van der Waals surface area contributed by atoms with Gasteiger partial charge in [0.15, 0.2) is 0 Å². The lowest BCUT2D eigenvalue weighted by Crippen LogP contribution is -2.49. The summed E-state index contributed by atoms with van der Waals surface area (Å²) in [5.41, 5.74) is 3.28. The number of para-hydroxylation sites is 1. The standard InChI is InChI=1S/C18H18ClN5.C2H6/c1-12-5-3-4-6-15(12)21-13(2)14-10-24(11-14)18-9-16(19)22-17(23-18)7-8-20;1-2/h3-6,9,14,21H,2,7,10-11H2,1H3;1-2H3. The third-order valence-corrected chi connectivity index (χ3v) is 4.30. The summed E-state index contributed by atoms with van der Waals surface area (Å²) in [6, 6.07) is 11.9. The summed E-state index contributed by atoms with van der Waals surface area (Å²) in [6.07, 6.45) is 0.159. The number of nitrogens with zero attached hydrogens (tertiary/aromatic N) is 4. The van der Waals surface area contributed by atoms with Gasteiger partial charge in [0.2, 0.25) is 0 Å². The van der Waals surface area contributed by atoms with Crippen molar-refractivity contribution in [1.82, 2.24) is 9.97 Å². The Labute approximate surface area is 160 Å². The average molecular weight is 370 g/mol. The summed E-state index contributed by atoms with van der Waals surface area (Å²) in [6.45, 7) is 11.9. The molecule has 2 heterocycles. The second kappa shape index (κ2) is 9.21. The second-order valence-electron chi connectivity index (χ2n) is 5.87. The fourth-order valence-corrected chi connectivity index (χ4v) is 2.83. The Morgan fingerprint density at radius 2 is 2.04 bits per heavy atom. The fraction of sp³-hybridized carbons (Fsp3) is 0.350. The highest BCUT2D eigenvalue weighted by atomic mass is 35.5. The summed E-state index contributed by atoms with van der Waals surface area (Å²) in [7, 11) is 0. The Balaban J connectivity index is 0.00000117. The molecule has 5 nitrogen and oxygen atoms in total. The van der Waals surface area contributed by atoms with Crippen molar-refractivity contribution in [3.05, 3.63) is 59.1 Å². The molecule has 1 aliphatic heterocycles. The van der Waals surface area contributed by atoms with Crippen LogP contribution in [0.25, 0.3) is 0 Å². The van der Waals surface area contributed by atoms with Gasteiger partial charge in [-0.05, 0) is 18.6 Å². The van der Waals surface area contributed by atoms with Gasteiger partial charge in [0, 0.05) is 36.5 Å². The maximum Gasteiger partial charge on any atom is 0.146 e. The van der Waals surface area contributed by atoms with Crippen LogP contribution in [0, 0.1) is 24.2 Å². The van der Waals surface area contributed by atoms with Gasteiger partial charge in [-0.2, -0.15) is 5.26 Å². The maximum atomic E-state index is 8.78. The Morgan fingerprint density at radius 1 is 1.35 bits per heavy atom. The Hall–Kier alpha value is -2.58. The molecule has 1 fully saturated rings. The minimum Gasteiger partial charge on any atom is -0.359 e. The smallest absolute Gasteiger partial charge is 0.146 e. The zero-order valence-corrected chi connectivity index (χ0v) is 16.2. The van der Waals surface area contributed by atoms with E-state index >= 15 is 0 Å². The van der Waals surface area contributed by atoms with Gasteiger partial charge in [0.25, 0.3) is 0 Å². The van der Waals surface area contributed by atoms with Crippen molar-refractivity contribution < 1.29 is 0 Å². The van der Waals surface area contributed by atoms with Crippen LogP contribution in [-0.2, 0) is 6.42 Å². The first kappa shape index (κ1) is 19.7. The molecule has 0 unspecified atom stereocenters. The third kappa shape index (κ3) is 4.74. The van der Waals surface area contributed by atoms with Crippen LogP contribution in [0.3, 0.4) is 0 Å². The molecule has 3 rings (SSSR count). The van der Waals surface area contributed by atoms with E-state index < -0.39 is 0 Å². The Bertz CT molecular complexity index is 806. The zero-order valence-electron chi connectivity index (χ0n) is 15.5. The van der Waals surface area contributed by atoms with Crippen LogP contribution in [-0.4, -0.2) is 23.1 Å². The SMILES string of the molecule is C=C(Nc1ccccc1C)C1CN(c2cc(Cl)nc(CC#N)n2)C1.CC. The van der Waals surface area contributed by atoms with Crippen LogP contribution in [0.5, 0.6) is 0 Å². The number of halogens is 1. The number of hydrogen-bond acceptors (Lipinski definition) is 5. The van der Waals surface area contributed by atoms with Crippen LogP contribution in [0.4, 0.5) is 11.5 Å². The molecule has 1 aliphatic rings. The summed E-state index contributed by atoms with van der Waals surface area (Å²) in [4.78, 5) is 10.6. The summed E-state index contributed by atoms with van der Waals surface area (Å²) in [5, 5.41) is 12.6. The molecule has 6 heteroatoms. The first-order chi connectivity index (χ1) is 12.6. The molecule has 136 valence electrons. The summed E-state index contributed by atoms with van der Waals surface area (Å²) < 4.78 is 0. The monoisotopic (exact) mass is 369 g/mol. The highest BCUT2D eigenvalue weighted by Crippen LogP contribution is 2.29. The number of hydrogen-bond donors (Lipinski definition) is 1. The molecular formula is C20H24ClN5. The van der Waals surface area contributed by atoms with Crippen LogP contribution < -0.4 is 10.2 Å². The topological polar surface area (TPSA) is 64.8 Å². The molecule has 1 N–H and O–H groups in total. The predicted molar refractivity (Wildman–Crippen MR) is 107 cm³/mol. The first-order valence-corrected chi connectivity index (χ1v) is 9.11. The van der Waals surface area contributed by atoms with E-state index in [1.54, 1.807) is 6.07 Å². The molecule has 2 aromatic rings. The van der Waals surface area contributed by atoms with E-state index in [-0.39, 0.29) is 6.42 Å². The average Bonchev–Trinajstić information content (AvgIpc) is 2.57. The normalized spacial score (nSPS) is 13.1. The predicted octanol–water partition coefficient (Wildman–Crippen LogP) is 4.59. The van der Waals surface area contributed by atoms with Crippen LogP contribution in [0.15, 0.2) is 42.6 Å². The first-order valence-electron chi connectivity index (χ1n) is 8.73. The summed E-state index contributed by atoms with van der Waals surface area (Å²) in [5.74, 6) is 1.57. The third-order valence-electron chi connectivity index (χ3n) is 4.10. The number of anilines is 2. The van der Waals surface area contributed by atoms with E-state index in [1.807, 2.05) is 32.0 Å². The fourth-order valence-electron chi connectivity index (χ4n) is 2.64. The number of nitrogens with one attached hydrogen (secondary N) is 1. The van der Waals surface area contributed by atoms with E-state index in [9.17, 15) is 0 Å². The van der Waals surface area contributed by atoms with Crippen molar-refractivity contribution in [2.75, 3.05) is 23.3 Å². The van der Waals surface area contributed by atoms with Gasteiger partial charge in [-0.1, -0.05) is 50.2 Å². The van der Waals surface area contributed by atoms with E-state index in [2.05, 4.69) is 45.8 Å². The van der Waals surface area contributed by atoms with E-state index in [0.29, 0.717) is 16.9 Å². The molecule has 0 spiro atoms.